The summed E-state index contributed by atoms with van der Waals surface area (Å²) in [6.45, 7) is 2.03. The quantitative estimate of drug-likeness (QED) is 0.291. The highest BCUT2D eigenvalue weighted by atomic mass is 79.9. The number of aromatic nitrogens is 1. The summed E-state index contributed by atoms with van der Waals surface area (Å²) in [5, 5.41) is 11.5. The van der Waals surface area contributed by atoms with Crippen LogP contribution in [0.3, 0.4) is 0 Å². The van der Waals surface area contributed by atoms with E-state index in [9.17, 15) is 0 Å². The predicted molar refractivity (Wildman–Crippen MR) is 60.8 cm³/mol. The van der Waals surface area contributed by atoms with E-state index in [2.05, 4.69) is 26.1 Å². The number of thioether (sulfide) groups is 1. The fourth-order valence-corrected chi connectivity index (χ4v) is 2.22. The van der Waals surface area contributed by atoms with Crippen molar-refractivity contribution in [2.24, 2.45) is 10.9 Å². The first-order valence-electron chi connectivity index (χ1n) is 3.95. The molecule has 0 saturated heterocycles. The zero-order chi connectivity index (χ0) is 10.6. The summed E-state index contributed by atoms with van der Waals surface area (Å²) in [7, 11) is 0. The average molecular weight is 276 g/mol. The van der Waals surface area contributed by atoms with Crippen molar-refractivity contribution in [3.63, 3.8) is 0 Å². The molecule has 0 radical (unpaired) electrons. The zero-order valence-electron chi connectivity index (χ0n) is 7.57. The van der Waals surface area contributed by atoms with Gasteiger partial charge in [0.15, 0.2) is 5.84 Å². The largest absolute Gasteiger partial charge is 0.409 e. The van der Waals surface area contributed by atoms with Gasteiger partial charge in [0.2, 0.25) is 0 Å². The first-order valence-corrected chi connectivity index (χ1v) is 5.73. The van der Waals surface area contributed by atoms with Crippen molar-refractivity contribution in [1.82, 2.24) is 4.98 Å². The van der Waals surface area contributed by atoms with Crippen LogP contribution in [0.25, 0.3) is 0 Å². The zero-order valence-corrected chi connectivity index (χ0v) is 9.97. The minimum Gasteiger partial charge on any atom is -0.409 e. The number of nitrogens with zero attached hydrogens (tertiary/aromatic N) is 2. The van der Waals surface area contributed by atoms with Gasteiger partial charge in [0, 0.05) is 15.6 Å². The maximum Gasteiger partial charge on any atom is 0.189 e. The average Bonchev–Trinajstić information content (AvgIpc) is 2.17. The van der Waals surface area contributed by atoms with Gasteiger partial charge in [-0.15, -0.1) is 11.8 Å². The topological polar surface area (TPSA) is 71.5 Å². The molecule has 0 saturated carbocycles. The Morgan fingerprint density at radius 2 is 2.50 bits per heavy atom. The second kappa shape index (κ2) is 5.21. The smallest absolute Gasteiger partial charge is 0.189 e. The van der Waals surface area contributed by atoms with E-state index in [1.807, 2.05) is 13.0 Å². The fourth-order valence-electron chi connectivity index (χ4n) is 0.926. The number of hydrogen-bond acceptors (Lipinski definition) is 4. The van der Waals surface area contributed by atoms with Gasteiger partial charge in [-0.3, -0.25) is 4.98 Å². The normalized spacial score (nSPS) is 11.7. The van der Waals surface area contributed by atoms with Gasteiger partial charge >= 0.3 is 0 Å². The molecule has 1 aromatic heterocycles. The number of pyridine rings is 1. The Balaban J connectivity index is 3.14. The third-order valence-corrected chi connectivity index (χ3v) is 2.81. The predicted octanol–water partition coefficient (Wildman–Crippen LogP) is 2.05. The van der Waals surface area contributed by atoms with Crippen LogP contribution < -0.4 is 5.73 Å². The molecule has 0 aliphatic rings. The van der Waals surface area contributed by atoms with E-state index in [0.29, 0.717) is 5.69 Å². The van der Waals surface area contributed by atoms with Crippen LogP contribution in [0.2, 0.25) is 0 Å². The highest BCUT2D eigenvalue weighted by molar-refractivity contribution is 9.10. The van der Waals surface area contributed by atoms with Gasteiger partial charge in [-0.25, -0.2) is 0 Å². The Morgan fingerprint density at radius 1 is 1.79 bits per heavy atom. The lowest BCUT2D eigenvalue weighted by Gasteiger charge is -2.05. The highest BCUT2D eigenvalue weighted by Crippen LogP contribution is 2.24. The van der Waals surface area contributed by atoms with Crippen LogP contribution in [-0.2, 0) is 0 Å². The van der Waals surface area contributed by atoms with Crippen molar-refractivity contribution in [2.75, 3.05) is 5.75 Å². The Morgan fingerprint density at radius 3 is 3.07 bits per heavy atom. The lowest BCUT2D eigenvalue weighted by atomic mass is 10.3. The molecule has 1 heterocycles. The van der Waals surface area contributed by atoms with E-state index in [1.54, 1.807) is 18.0 Å². The maximum atomic E-state index is 8.55. The number of rotatable bonds is 3. The molecule has 0 amide bonds. The van der Waals surface area contributed by atoms with Crippen LogP contribution in [0, 0.1) is 0 Å². The molecule has 3 N–H and O–H groups in total. The number of hydrogen-bond donors (Lipinski definition) is 2. The van der Waals surface area contributed by atoms with Crippen LogP contribution in [-0.4, -0.2) is 21.8 Å². The second-order valence-corrected chi connectivity index (χ2v) is 4.64. The molecule has 0 fully saturated rings. The molecule has 1 aromatic rings. The monoisotopic (exact) mass is 275 g/mol. The second-order valence-electron chi connectivity index (χ2n) is 2.42. The Hall–Kier alpha value is -0.750. The number of oxime groups is 1. The summed E-state index contributed by atoms with van der Waals surface area (Å²) in [6.07, 6.45) is 1.62. The van der Waals surface area contributed by atoms with E-state index in [4.69, 9.17) is 10.9 Å². The Bertz CT molecular complexity index is 356. The van der Waals surface area contributed by atoms with Crippen molar-refractivity contribution < 1.29 is 5.21 Å². The third-order valence-electron chi connectivity index (χ3n) is 1.47. The molecule has 14 heavy (non-hydrogen) atoms. The van der Waals surface area contributed by atoms with Gasteiger partial charge in [-0.1, -0.05) is 12.1 Å². The van der Waals surface area contributed by atoms with Crippen molar-refractivity contribution in [1.29, 1.82) is 0 Å². The lowest BCUT2D eigenvalue weighted by molar-refractivity contribution is 0.318. The Labute approximate surface area is 94.7 Å². The molecule has 4 nitrogen and oxygen atoms in total. The standard InChI is InChI=1S/C8H10BrN3OS/c1-2-14-6-3-5(9)4-11-7(6)8(10)12-13/h3-4,13H,2H2,1H3,(H2,10,12). The molecule has 0 spiro atoms. The van der Waals surface area contributed by atoms with Gasteiger partial charge in [0.05, 0.1) is 0 Å². The van der Waals surface area contributed by atoms with Crippen LogP contribution in [0.1, 0.15) is 12.6 Å². The number of amidine groups is 1. The van der Waals surface area contributed by atoms with E-state index in [-0.39, 0.29) is 5.84 Å². The van der Waals surface area contributed by atoms with E-state index >= 15 is 0 Å². The van der Waals surface area contributed by atoms with Crippen molar-refractivity contribution in [2.45, 2.75) is 11.8 Å². The van der Waals surface area contributed by atoms with Gasteiger partial charge in [0.25, 0.3) is 0 Å². The molecule has 6 heteroatoms. The summed E-state index contributed by atoms with van der Waals surface area (Å²) in [5.41, 5.74) is 6.00. The van der Waals surface area contributed by atoms with E-state index < -0.39 is 0 Å². The first-order chi connectivity index (χ1) is 6.69. The van der Waals surface area contributed by atoms with Gasteiger partial charge < -0.3 is 10.9 Å². The molecule has 0 bridgehead atoms. The van der Waals surface area contributed by atoms with E-state index in [0.717, 1.165) is 15.1 Å². The number of halogens is 1. The summed E-state index contributed by atoms with van der Waals surface area (Å²) >= 11 is 4.91. The summed E-state index contributed by atoms with van der Waals surface area (Å²) < 4.78 is 0.878. The first kappa shape index (κ1) is 11.3. The number of nitrogens with two attached hydrogens (primary N) is 1. The van der Waals surface area contributed by atoms with E-state index in [1.165, 1.54) is 0 Å². The van der Waals surface area contributed by atoms with Crippen LogP contribution in [0.5, 0.6) is 0 Å². The summed E-state index contributed by atoms with van der Waals surface area (Å²) in [4.78, 5) is 4.98. The SMILES string of the molecule is CCSc1cc(Br)cnc1/C(N)=N/O. The molecule has 0 aliphatic heterocycles. The van der Waals surface area contributed by atoms with Crippen molar-refractivity contribution in [3.8, 4) is 0 Å². The Kier molecular flexibility index (Phi) is 4.21. The molecular formula is C8H10BrN3OS. The highest BCUT2D eigenvalue weighted by Gasteiger charge is 2.09. The minimum atomic E-state index is 0.0356. The van der Waals surface area contributed by atoms with Crippen LogP contribution >= 0.6 is 27.7 Å². The maximum absolute atomic E-state index is 8.55. The van der Waals surface area contributed by atoms with Crippen molar-refractivity contribution >= 4 is 33.5 Å². The van der Waals surface area contributed by atoms with Crippen LogP contribution in [0.15, 0.2) is 26.8 Å². The molecular weight excluding hydrogens is 266 g/mol. The molecule has 1 rings (SSSR count). The van der Waals surface area contributed by atoms with Gasteiger partial charge in [-0.2, -0.15) is 0 Å². The van der Waals surface area contributed by atoms with Crippen LogP contribution in [0.4, 0.5) is 0 Å². The molecule has 76 valence electrons. The van der Waals surface area contributed by atoms with Gasteiger partial charge in [-0.05, 0) is 27.7 Å². The summed E-state index contributed by atoms with van der Waals surface area (Å²) in [6, 6.07) is 1.90. The molecule has 0 atom stereocenters. The fraction of sp³-hybridized carbons (Fsp3) is 0.250. The minimum absolute atomic E-state index is 0.0356. The lowest BCUT2D eigenvalue weighted by Crippen LogP contribution is -2.16. The molecule has 0 unspecified atom stereocenters. The molecule has 0 aliphatic carbocycles. The van der Waals surface area contributed by atoms with Crippen molar-refractivity contribution in [3.05, 3.63) is 22.4 Å². The third kappa shape index (κ3) is 2.62. The van der Waals surface area contributed by atoms with Gasteiger partial charge in [0.1, 0.15) is 5.69 Å². The molecule has 0 aromatic carbocycles. The summed E-state index contributed by atoms with van der Waals surface area (Å²) in [5.74, 6) is 0.942.